The van der Waals surface area contributed by atoms with Crippen LogP contribution < -0.4 is 16.5 Å². The highest BCUT2D eigenvalue weighted by Gasteiger charge is 2.31. The van der Waals surface area contributed by atoms with Crippen molar-refractivity contribution < 1.29 is 13.6 Å². The van der Waals surface area contributed by atoms with E-state index in [1.165, 1.54) is 0 Å². The minimum Gasteiger partial charge on any atom is -0.364 e. The van der Waals surface area contributed by atoms with E-state index in [4.69, 9.17) is 16.0 Å². The SMILES string of the molecule is NCc1ccc(C2CC(C(N)=O)=NN2c2ccc(CS(=O)O)cc2)cc1. The van der Waals surface area contributed by atoms with E-state index < -0.39 is 17.0 Å². The van der Waals surface area contributed by atoms with E-state index in [-0.39, 0.29) is 11.8 Å². The first-order valence-corrected chi connectivity index (χ1v) is 9.37. The molecule has 136 valence electrons. The molecule has 1 heterocycles. The molecule has 2 unspecified atom stereocenters. The minimum atomic E-state index is -1.89. The predicted octanol–water partition coefficient (Wildman–Crippen LogP) is 1.66. The molecule has 8 heteroatoms. The summed E-state index contributed by atoms with van der Waals surface area (Å²) in [4.78, 5) is 11.6. The molecule has 7 nitrogen and oxygen atoms in total. The van der Waals surface area contributed by atoms with Crippen molar-refractivity contribution in [1.29, 1.82) is 0 Å². The van der Waals surface area contributed by atoms with Gasteiger partial charge < -0.3 is 16.0 Å². The van der Waals surface area contributed by atoms with Gasteiger partial charge in [0, 0.05) is 13.0 Å². The number of primary amides is 1. The third-order valence-corrected chi connectivity index (χ3v) is 4.87. The van der Waals surface area contributed by atoms with Crippen molar-refractivity contribution in [1.82, 2.24) is 0 Å². The summed E-state index contributed by atoms with van der Waals surface area (Å²) < 4.78 is 19.9. The summed E-state index contributed by atoms with van der Waals surface area (Å²) >= 11 is -1.89. The molecule has 0 saturated heterocycles. The van der Waals surface area contributed by atoms with Crippen molar-refractivity contribution >= 4 is 28.4 Å². The molecule has 0 aromatic heterocycles. The summed E-state index contributed by atoms with van der Waals surface area (Å²) in [5.74, 6) is -0.469. The van der Waals surface area contributed by atoms with Crippen LogP contribution >= 0.6 is 0 Å². The number of amides is 1. The lowest BCUT2D eigenvalue weighted by Gasteiger charge is -2.24. The Kier molecular flexibility index (Phi) is 5.46. The molecule has 0 fully saturated rings. The predicted molar refractivity (Wildman–Crippen MR) is 102 cm³/mol. The molecule has 26 heavy (non-hydrogen) atoms. The Morgan fingerprint density at radius 2 is 1.77 bits per heavy atom. The first-order valence-electron chi connectivity index (χ1n) is 8.09. The number of hydrogen-bond acceptors (Lipinski definition) is 5. The van der Waals surface area contributed by atoms with Gasteiger partial charge in [-0.15, -0.1) is 0 Å². The summed E-state index contributed by atoms with van der Waals surface area (Å²) in [6.45, 7) is 0.464. The van der Waals surface area contributed by atoms with E-state index in [0.717, 1.165) is 22.4 Å². The van der Waals surface area contributed by atoms with Crippen molar-refractivity contribution in [3.8, 4) is 0 Å². The Bertz CT molecular complexity index is 850. The van der Waals surface area contributed by atoms with Crippen molar-refractivity contribution in [2.45, 2.75) is 24.8 Å². The molecule has 0 saturated carbocycles. The Balaban J connectivity index is 1.91. The van der Waals surface area contributed by atoms with Crippen LogP contribution in [-0.4, -0.2) is 20.4 Å². The quantitative estimate of drug-likeness (QED) is 0.666. The topological polar surface area (TPSA) is 122 Å². The molecule has 0 radical (unpaired) electrons. The Morgan fingerprint density at radius 1 is 1.15 bits per heavy atom. The standard InChI is InChI=1S/C18H20N4O3S/c19-10-12-1-5-14(6-2-12)17-9-16(18(20)23)21-22(17)15-7-3-13(4-8-15)11-26(24)25/h1-8,17H,9-11,19H2,(H2,20,23)(H,24,25). The monoisotopic (exact) mass is 372 g/mol. The zero-order valence-electron chi connectivity index (χ0n) is 14.0. The number of anilines is 1. The van der Waals surface area contributed by atoms with Crippen molar-refractivity contribution in [3.05, 3.63) is 65.2 Å². The lowest BCUT2D eigenvalue weighted by molar-refractivity contribution is -0.112. The largest absolute Gasteiger partial charge is 0.364 e. The van der Waals surface area contributed by atoms with Gasteiger partial charge in [-0.05, 0) is 28.8 Å². The smallest absolute Gasteiger partial charge is 0.265 e. The first-order chi connectivity index (χ1) is 12.5. The molecule has 3 rings (SSSR count). The first kappa shape index (κ1) is 18.2. The number of hydrogen-bond donors (Lipinski definition) is 3. The summed E-state index contributed by atoms with van der Waals surface area (Å²) in [6.07, 6.45) is 0.416. The molecule has 1 aliphatic heterocycles. The van der Waals surface area contributed by atoms with Gasteiger partial charge in [0.05, 0.1) is 17.5 Å². The summed E-state index contributed by atoms with van der Waals surface area (Å²) in [7, 11) is 0. The third kappa shape index (κ3) is 3.98. The summed E-state index contributed by atoms with van der Waals surface area (Å²) in [5, 5.41) is 6.15. The van der Waals surface area contributed by atoms with E-state index in [1.807, 2.05) is 36.4 Å². The van der Waals surface area contributed by atoms with Crippen LogP contribution in [0.2, 0.25) is 0 Å². The molecule has 0 spiro atoms. The molecule has 0 aliphatic carbocycles. The van der Waals surface area contributed by atoms with Crippen LogP contribution in [0.25, 0.3) is 0 Å². The lowest BCUT2D eigenvalue weighted by Crippen LogP contribution is -2.22. The molecular formula is C18H20N4O3S. The second-order valence-corrected chi connectivity index (χ2v) is 6.99. The zero-order valence-corrected chi connectivity index (χ0v) is 14.9. The maximum Gasteiger partial charge on any atom is 0.265 e. The molecule has 5 N–H and O–H groups in total. The van der Waals surface area contributed by atoms with Gasteiger partial charge >= 0.3 is 0 Å². The normalized spacial score (nSPS) is 17.8. The number of nitrogens with zero attached hydrogens (tertiary/aromatic N) is 2. The highest BCUT2D eigenvalue weighted by molar-refractivity contribution is 7.78. The number of rotatable bonds is 6. The molecule has 2 atom stereocenters. The van der Waals surface area contributed by atoms with Crippen LogP contribution in [0.5, 0.6) is 0 Å². The van der Waals surface area contributed by atoms with Crippen LogP contribution in [0.1, 0.15) is 29.2 Å². The van der Waals surface area contributed by atoms with Gasteiger partial charge in [0.15, 0.2) is 11.1 Å². The van der Waals surface area contributed by atoms with Gasteiger partial charge in [-0.3, -0.25) is 9.80 Å². The van der Waals surface area contributed by atoms with Crippen LogP contribution in [0.3, 0.4) is 0 Å². The van der Waals surface area contributed by atoms with Gasteiger partial charge in [0.2, 0.25) is 0 Å². The van der Waals surface area contributed by atoms with E-state index >= 15 is 0 Å². The van der Waals surface area contributed by atoms with Crippen LogP contribution in [-0.2, 0) is 28.2 Å². The third-order valence-electron chi connectivity index (χ3n) is 4.29. The average Bonchev–Trinajstić information content (AvgIpc) is 3.07. The van der Waals surface area contributed by atoms with Gasteiger partial charge in [-0.2, -0.15) is 5.10 Å². The Morgan fingerprint density at radius 3 is 2.31 bits per heavy atom. The molecule has 0 bridgehead atoms. The van der Waals surface area contributed by atoms with E-state index in [1.54, 1.807) is 17.1 Å². The summed E-state index contributed by atoms with van der Waals surface area (Å²) in [6, 6.07) is 14.9. The second-order valence-electron chi connectivity index (χ2n) is 6.05. The minimum absolute atomic E-state index is 0.0695. The number of benzene rings is 2. The van der Waals surface area contributed by atoms with E-state index in [0.29, 0.717) is 18.7 Å². The fourth-order valence-corrected chi connectivity index (χ4v) is 3.40. The fraction of sp³-hybridized carbons (Fsp3) is 0.222. The molecule has 1 amide bonds. The van der Waals surface area contributed by atoms with Crippen LogP contribution in [0.4, 0.5) is 5.69 Å². The lowest BCUT2D eigenvalue weighted by atomic mass is 9.99. The second kappa shape index (κ2) is 7.77. The van der Waals surface area contributed by atoms with Crippen molar-refractivity contribution in [2.75, 3.05) is 5.01 Å². The Labute approximate surface area is 154 Å². The van der Waals surface area contributed by atoms with Crippen LogP contribution in [0.15, 0.2) is 53.6 Å². The number of nitrogens with two attached hydrogens (primary N) is 2. The molecular weight excluding hydrogens is 352 g/mol. The van der Waals surface area contributed by atoms with Gasteiger partial charge in [0.1, 0.15) is 5.71 Å². The van der Waals surface area contributed by atoms with Crippen molar-refractivity contribution in [2.24, 2.45) is 16.6 Å². The zero-order chi connectivity index (χ0) is 18.7. The van der Waals surface area contributed by atoms with E-state index in [2.05, 4.69) is 5.10 Å². The van der Waals surface area contributed by atoms with E-state index in [9.17, 15) is 9.00 Å². The number of carbonyl (C=O) groups is 1. The highest BCUT2D eigenvalue weighted by atomic mass is 32.2. The fourth-order valence-electron chi connectivity index (χ4n) is 2.92. The Hall–Kier alpha value is -2.55. The van der Waals surface area contributed by atoms with Gasteiger partial charge in [0.25, 0.3) is 5.91 Å². The van der Waals surface area contributed by atoms with Gasteiger partial charge in [-0.1, -0.05) is 36.4 Å². The number of hydrazone groups is 1. The highest BCUT2D eigenvalue weighted by Crippen LogP contribution is 2.35. The molecule has 2 aromatic carbocycles. The molecule has 1 aliphatic rings. The average molecular weight is 372 g/mol. The van der Waals surface area contributed by atoms with Crippen molar-refractivity contribution in [3.63, 3.8) is 0 Å². The maximum atomic E-state index is 11.6. The van der Waals surface area contributed by atoms with Crippen LogP contribution in [0, 0.1) is 0 Å². The maximum absolute atomic E-state index is 11.6. The summed E-state index contributed by atoms with van der Waals surface area (Å²) in [5.41, 5.74) is 14.9. The van der Waals surface area contributed by atoms with Gasteiger partial charge in [-0.25, -0.2) is 4.21 Å². The molecule has 2 aromatic rings. The number of carbonyl (C=O) groups excluding carboxylic acids is 1.